The Kier molecular flexibility index (Phi) is 5.23. The molecule has 0 aromatic carbocycles. The van der Waals surface area contributed by atoms with Crippen molar-refractivity contribution in [3.05, 3.63) is 11.4 Å². The van der Waals surface area contributed by atoms with E-state index in [0.29, 0.717) is 12.2 Å². The van der Waals surface area contributed by atoms with Crippen molar-refractivity contribution in [2.24, 2.45) is 5.10 Å². The van der Waals surface area contributed by atoms with E-state index in [-0.39, 0.29) is 17.3 Å². The Morgan fingerprint density at radius 3 is 2.62 bits per heavy atom. The third kappa shape index (κ3) is 3.86. The Hall–Kier alpha value is -2.86. The van der Waals surface area contributed by atoms with Gasteiger partial charge in [0.25, 0.3) is 5.91 Å². The summed E-state index contributed by atoms with van der Waals surface area (Å²) in [5, 5.41) is 19.3. The standard InChI is InChI=1S/C14H22N10O2/c1-9(2)16-18-14(25)11-10(8-23-6-4-22(3)5-7-23)24(21-17-11)13-12(15)19-26-20-13/h4-8H2,1-3H3,(H2,15,19)(H,18,25). The summed E-state index contributed by atoms with van der Waals surface area (Å²) in [4.78, 5) is 16.9. The lowest BCUT2D eigenvalue weighted by molar-refractivity contribution is 0.0945. The van der Waals surface area contributed by atoms with E-state index in [1.807, 2.05) is 0 Å². The molecule has 12 nitrogen and oxygen atoms in total. The van der Waals surface area contributed by atoms with Crippen molar-refractivity contribution in [1.82, 2.24) is 40.5 Å². The molecule has 1 aliphatic heterocycles. The molecular formula is C14H22N10O2. The van der Waals surface area contributed by atoms with Crippen LogP contribution >= 0.6 is 0 Å². The minimum absolute atomic E-state index is 0.0731. The van der Waals surface area contributed by atoms with Gasteiger partial charge in [0, 0.05) is 38.4 Å². The predicted octanol–water partition coefficient (Wildman–Crippen LogP) is -0.894. The first-order valence-corrected chi connectivity index (χ1v) is 8.21. The summed E-state index contributed by atoms with van der Waals surface area (Å²) in [5.74, 6) is -0.170. The molecule has 1 aliphatic rings. The van der Waals surface area contributed by atoms with Gasteiger partial charge >= 0.3 is 0 Å². The van der Waals surface area contributed by atoms with Crippen LogP contribution in [0.25, 0.3) is 5.82 Å². The quantitative estimate of drug-likeness (QED) is 0.511. The molecule has 0 radical (unpaired) electrons. The maximum Gasteiger partial charge on any atom is 0.293 e. The topological polar surface area (TPSA) is 144 Å². The number of nitrogens with one attached hydrogen (secondary N) is 1. The first-order chi connectivity index (χ1) is 12.5. The third-order valence-corrected chi connectivity index (χ3v) is 4.02. The van der Waals surface area contributed by atoms with Crippen LogP contribution in [-0.4, -0.2) is 80.0 Å². The lowest BCUT2D eigenvalue weighted by Gasteiger charge is -2.32. The van der Waals surface area contributed by atoms with Gasteiger partial charge in [-0.05, 0) is 31.2 Å². The highest BCUT2D eigenvalue weighted by Gasteiger charge is 2.26. The molecule has 1 fully saturated rings. The number of nitrogen functional groups attached to an aromatic ring is 1. The van der Waals surface area contributed by atoms with Gasteiger partial charge in [0.05, 0.1) is 5.69 Å². The van der Waals surface area contributed by atoms with E-state index in [1.54, 1.807) is 13.8 Å². The van der Waals surface area contributed by atoms with Crippen LogP contribution in [0.5, 0.6) is 0 Å². The second-order valence-electron chi connectivity index (χ2n) is 6.35. The van der Waals surface area contributed by atoms with E-state index >= 15 is 0 Å². The maximum atomic E-state index is 12.5. The zero-order valence-corrected chi connectivity index (χ0v) is 15.0. The van der Waals surface area contributed by atoms with Crippen molar-refractivity contribution in [2.45, 2.75) is 20.4 Å². The average molecular weight is 362 g/mol. The van der Waals surface area contributed by atoms with Crippen molar-refractivity contribution in [2.75, 3.05) is 39.0 Å². The van der Waals surface area contributed by atoms with Crippen LogP contribution in [0, 0.1) is 0 Å². The molecule has 0 atom stereocenters. The minimum Gasteiger partial charge on any atom is -0.378 e. The SMILES string of the molecule is CC(C)=NNC(=O)c1nnn(-c2nonc2N)c1CN1CCN(C)CC1. The van der Waals surface area contributed by atoms with Crippen LogP contribution in [0.15, 0.2) is 9.73 Å². The van der Waals surface area contributed by atoms with Gasteiger partial charge in [-0.15, -0.1) is 5.10 Å². The molecule has 140 valence electrons. The van der Waals surface area contributed by atoms with Gasteiger partial charge < -0.3 is 10.6 Å². The number of nitrogens with two attached hydrogens (primary N) is 1. The lowest BCUT2D eigenvalue weighted by Crippen LogP contribution is -2.44. The van der Waals surface area contributed by atoms with E-state index in [2.05, 4.69) is 52.6 Å². The van der Waals surface area contributed by atoms with E-state index < -0.39 is 5.91 Å². The van der Waals surface area contributed by atoms with E-state index in [4.69, 9.17) is 5.73 Å². The number of anilines is 1. The van der Waals surface area contributed by atoms with Crippen molar-refractivity contribution in [1.29, 1.82) is 0 Å². The molecule has 2 aromatic heterocycles. The normalized spacial score (nSPS) is 15.8. The zero-order valence-electron chi connectivity index (χ0n) is 15.0. The second kappa shape index (κ2) is 7.58. The molecule has 0 saturated carbocycles. The maximum absolute atomic E-state index is 12.5. The molecule has 0 unspecified atom stereocenters. The number of carbonyl (C=O) groups is 1. The van der Waals surface area contributed by atoms with Gasteiger partial charge in [0.2, 0.25) is 11.6 Å². The van der Waals surface area contributed by atoms with E-state index in [9.17, 15) is 4.79 Å². The van der Waals surface area contributed by atoms with Crippen LogP contribution in [0.2, 0.25) is 0 Å². The lowest BCUT2D eigenvalue weighted by atomic mass is 10.2. The van der Waals surface area contributed by atoms with Crippen molar-refractivity contribution in [3.8, 4) is 5.82 Å². The number of piperazine rings is 1. The Bertz CT molecular complexity index is 799. The molecule has 0 aliphatic carbocycles. The number of hydrogen-bond acceptors (Lipinski definition) is 10. The molecule has 3 heterocycles. The fourth-order valence-electron chi connectivity index (χ4n) is 2.56. The Labute approximate surface area is 150 Å². The summed E-state index contributed by atoms with van der Waals surface area (Å²) in [6, 6.07) is 0. The van der Waals surface area contributed by atoms with Crippen LogP contribution in [0.4, 0.5) is 5.82 Å². The Morgan fingerprint density at radius 1 is 1.27 bits per heavy atom. The summed E-state index contributed by atoms with van der Waals surface area (Å²) in [7, 11) is 2.08. The molecule has 0 spiro atoms. The van der Waals surface area contributed by atoms with Gasteiger partial charge in [-0.25, -0.2) is 10.1 Å². The predicted molar refractivity (Wildman–Crippen MR) is 92.7 cm³/mol. The van der Waals surface area contributed by atoms with Crippen molar-refractivity contribution in [3.63, 3.8) is 0 Å². The van der Waals surface area contributed by atoms with Crippen LogP contribution in [-0.2, 0) is 6.54 Å². The first-order valence-electron chi connectivity index (χ1n) is 8.21. The molecule has 3 rings (SSSR count). The number of amides is 1. The van der Waals surface area contributed by atoms with Gasteiger partial charge in [-0.2, -0.15) is 9.78 Å². The fraction of sp³-hybridized carbons (Fsp3) is 0.571. The van der Waals surface area contributed by atoms with E-state index in [1.165, 1.54) is 4.68 Å². The van der Waals surface area contributed by atoms with Crippen LogP contribution in [0.1, 0.15) is 30.0 Å². The largest absolute Gasteiger partial charge is 0.378 e. The Balaban J connectivity index is 1.91. The molecule has 1 amide bonds. The minimum atomic E-state index is -0.448. The number of hydrogen-bond donors (Lipinski definition) is 2. The van der Waals surface area contributed by atoms with Gasteiger partial charge in [0.1, 0.15) is 0 Å². The highest BCUT2D eigenvalue weighted by atomic mass is 16.6. The summed E-state index contributed by atoms with van der Waals surface area (Å²) < 4.78 is 6.04. The molecule has 0 bridgehead atoms. The number of likely N-dealkylation sites (N-methyl/N-ethyl adjacent to an activating group) is 1. The zero-order chi connectivity index (χ0) is 18.7. The first kappa shape index (κ1) is 17.9. The number of nitrogens with zero attached hydrogens (tertiary/aromatic N) is 8. The molecule has 12 heteroatoms. The second-order valence-corrected chi connectivity index (χ2v) is 6.35. The highest BCUT2D eigenvalue weighted by molar-refractivity contribution is 5.94. The molecule has 1 saturated heterocycles. The number of hydrazone groups is 1. The summed E-state index contributed by atoms with van der Waals surface area (Å²) in [5.41, 5.74) is 9.69. The van der Waals surface area contributed by atoms with Crippen molar-refractivity contribution < 1.29 is 9.42 Å². The van der Waals surface area contributed by atoms with Gasteiger partial charge in [0.15, 0.2) is 5.69 Å². The monoisotopic (exact) mass is 362 g/mol. The molecule has 3 N–H and O–H groups in total. The number of carbonyl (C=O) groups excluding carboxylic acids is 1. The summed E-state index contributed by atoms with van der Waals surface area (Å²) in [6.07, 6.45) is 0. The van der Waals surface area contributed by atoms with Crippen molar-refractivity contribution >= 4 is 17.4 Å². The highest BCUT2D eigenvalue weighted by Crippen LogP contribution is 2.18. The summed E-state index contributed by atoms with van der Waals surface area (Å²) >= 11 is 0. The van der Waals surface area contributed by atoms with Gasteiger partial charge in [-0.1, -0.05) is 5.21 Å². The average Bonchev–Trinajstić information content (AvgIpc) is 3.20. The van der Waals surface area contributed by atoms with Gasteiger partial charge in [-0.3, -0.25) is 9.69 Å². The van der Waals surface area contributed by atoms with E-state index in [0.717, 1.165) is 31.9 Å². The Morgan fingerprint density at radius 2 is 2.00 bits per heavy atom. The molecule has 2 aromatic rings. The molecular weight excluding hydrogens is 340 g/mol. The smallest absolute Gasteiger partial charge is 0.293 e. The molecule has 26 heavy (non-hydrogen) atoms. The van der Waals surface area contributed by atoms with Crippen LogP contribution < -0.4 is 11.2 Å². The summed E-state index contributed by atoms with van der Waals surface area (Å²) in [6.45, 7) is 7.63. The third-order valence-electron chi connectivity index (χ3n) is 4.02. The van der Waals surface area contributed by atoms with Crippen LogP contribution in [0.3, 0.4) is 0 Å². The number of aromatic nitrogens is 5. The fourth-order valence-corrected chi connectivity index (χ4v) is 2.56. The number of rotatable bonds is 5.